The zero-order valence-corrected chi connectivity index (χ0v) is 10.3. The second-order valence-electron chi connectivity index (χ2n) is 4.72. The Labute approximate surface area is 102 Å². The molecule has 0 aromatic carbocycles. The van der Waals surface area contributed by atoms with Crippen LogP contribution >= 0.6 is 0 Å². The molecular weight excluding hydrogens is 212 g/mol. The van der Waals surface area contributed by atoms with Gasteiger partial charge in [-0.25, -0.2) is 9.97 Å². The number of nitrogens with one attached hydrogen (secondary N) is 1. The minimum atomic E-state index is 0.389. The van der Waals surface area contributed by atoms with Crippen LogP contribution in [0.5, 0.6) is 0 Å². The van der Waals surface area contributed by atoms with Crippen LogP contribution in [0.3, 0.4) is 0 Å². The van der Waals surface area contributed by atoms with Crippen LogP contribution in [0.4, 0.5) is 5.82 Å². The van der Waals surface area contributed by atoms with Crippen molar-refractivity contribution in [1.82, 2.24) is 9.97 Å². The monoisotopic (exact) mass is 230 g/mol. The van der Waals surface area contributed by atoms with Gasteiger partial charge < -0.3 is 5.32 Å². The van der Waals surface area contributed by atoms with E-state index in [2.05, 4.69) is 35.2 Å². The molecule has 0 saturated heterocycles. The highest BCUT2D eigenvalue weighted by Gasteiger charge is 2.31. The van der Waals surface area contributed by atoms with Gasteiger partial charge in [0.1, 0.15) is 6.07 Å². The largest absolute Gasteiger partial charge is 0.365 e. The lowest BCUT2D eigenvalue weighted by molar-refractivity contribution is 0.391. The molecule has 1 heterocycles. The van der Waals surface area contributed by atoms with Gasteiger partial charge in [-0.1, -0.05) is 20.3 Å². The molecule has 1 aromatic rings. The second kappa shape index (κ2) is 5.13. The first-order valence-corrected chi connectivity index (χ1v) is 6.24. The summed E-state index contributed by atoms with van der Waals surface area (Å²) in [6, 6.07) is 2.49. The highest BCUT2D eigenvalue weighted by Crippen LogP contribution is 2.35. The molecular formula is C13H18N4. The summed E-state index contributed by atoms with van der Waals surface area (Å²) in [5.41, 5.74) is 0.389. The predicted octanol–water partition coefficient (Wildman–Crippen LogP) is 2.58. The van der Waals surface area contributed by atoms with E-state index in [9.17, 15) is 0 Å². The Morgan fingerprint density at radius 2 is 2.18 bits per heavy atom. The number of rotatable bonds is 3. The van der Waals surface area contributed by atoms with Gasteiger partial charge in [0.2, 0.25) is 0 Å². The number of nitrogens with zero attached hydrogens (tertiary/aromatic N) is 3. The van der Waals surface area contributed by atoms with Crippen LogP contribution in [0.25, 0.3) is 0 Å². The summed E-state index contributed by atoms with van der Waals surface area (Å²) < 4.78 is 0. The normalized spacial score (nSPS) is 27.7. The van der Waals surface area contributed by atoms with Crippen molar-refractivity contribution in [1.29, 1.82) is 5.26 Å². The van der Waals surface area contributed by atoms with E-state index in [4.69, 9.17) is 5.26 Å². The Morgan fingerprint density at radius 3 is 2.82 bits per heavy atom. The first-order chi connectivity index (χ1) is 8.26. The quantitative estimate of drug-likeness (QED) is 0.867. The van der Waals surface area contributed by atoms with E-state index in [1.54, 1.807) is 12.4 Å². The topological polar surface area (TPSA) is 61.6 Å². The fraction of sp³-hybridized carbons (Fsp3) is 0.615. The van der Waals surface area contributed by atoms with Gasteiger partial charge in [0.05, 0.1) is 0 Å². The van der Waals surface area contributed by atoms with Gasteiger partial charge in [0.25, 0.3) is 0 Å². The van der Waals surface area contributed by atoms with Crippen LogP contribution < -0.4 is 5.32 Å². The van der Waals surface area contributed by atoms with E-state index < -0.39 is 0 Å². The SMILES string of the molecule is CCC1CCC(Nc2nccnc2C#N)C1C. The summed E-state index contributed by atoms with van der Waals surface area (Å²) in [5.74, 6) is 2.05. The number of hydrogen-bond donors (Lipinski definition) is 1. The average molecular weight is 230 g/mol. The summed E-state index contributed by atoms with van der Waals surface area (Å²) in [6.07, 6.45) is 6.82. The fourth-order valence-corrected chi connectivity index (χ4v) is 2.73. The van der Waals surface area contributed by atoms with Gasteiger partial charge >= 0.3 is 0 Å². The minimum Gasteiger partial charge on any atom is -0.365 e. The van der Waals surface area contributed by atoms with E-state index >= 15 is 0 Å². The molecule has 1 aliphatic carbocycles. The van der Waals surface area contributed by atoms with Crippen molar-refractivity contribution in [2.24, 2.45) is 11.8 Å². The molecule has 90 valence electrons. The van der Waals surface area contributed by atoms with Crippen LogP contribution in [0.15, 0.2) is 12.4 Å². The molecule has 4 nitrogen and oxygen atoms in total. The molecule has 0 amide bonds. The third kappa shape index (κ3) is 2.38. The number of hydrogen-bond acceptors (Lipinski definition) is 4. The van der Waals surface area contributed by atoms with Crippen molar-refractivity contribution in [3.05, 3.63) is 18.1 Å². The number of anilines is 1. The van der Waals surface area contributed by atoms with E-state index in [1.165, 1.54) is 12.8 Å². The van der Waals surface area contributed by atoms with Gasteiger partial charge in [0.15, 0.2) is 11.5 Å². The maximum absolute atomic E-state index is 8.96. The zero-order valence-electron chi connectivity index (χ0n) is 10.3. The van der Waals surface area contributed by atoms with Crippen LogP contribution in [-0.2, 0) is 0 Å². The molecule has 3 unspecified atom stereocenters. The smallest absolute Gasteiger partial charge is 0.182 e. The number of aromatic nitrogens is 2. The highest BCUT2D eigenvalue weighted by atomic mass is 15.0. The Hall–Kier alpha value is -1.63. The molecule has 0 aliphatic heterocycles. The fourth-order valence-electron chi connectivity index (χ4n) is 2.73. The molecule has 3 atom stereocenters. The predicted molar refractivity (Wildman–Crippen MR) is 66.3 cm³/mol. The maximum Gasteiger partial charge on any atom is 0.182 e. The van der Waals surface area contributed by atoms with Crippen LogP contribution in [0.1, 0.15) is 38.8 Å². The highest BCUT2D eigenvalue weighted by molar-refractivity contribution is 5.47. The van der Waals surface area contributed by atoms with Gasteiger partial charge in [-0.05, 0) is 24.7 Å². The summed E-state index contributed by atoms with van der Waals surface area (Å²) >= 11 is 0. The van der Waals surface area contributed by atoms with Gasteiger partial charge in [0, 0.05) is 18.4 Å². The Morgan fingerprint density at radius 1 is 1.41 bits per heavy atom. The molecule has 0 spiro atoms. The average Bonchev–Trinajstić information content (AvgIpc) is 2.71. The van der Waals surface area contributed by atoms with E-state index in [0.717, 1.165) is 12.3 Å². The van der Waals surface area contributed by atoms with Crippen molar-refractivity contribution in [3.63, 3.8) is 0 Å². The van der Waals surface area contributed by atoms with Crippen LogP contribution in [0, 0.1) is 23.2 Å². The molecule has 1 saturated carbocycles. The van der Waals surface area contributed by atoms with E-state index in [1.807, 2.05) is 0 Å². The van der Waals surface area contributed by atoms with Crippen molar-refractivity contribution in [2.75, 3.05) is 5.32 Å². The second-order valence-corrected chi connectivity index (χ2v) is 4.72. The summed E-state index contributed by atoms with van der Waals surface area (Å²) in [6.45, 7) is 4.52. The third-order valence-electron chi connectivity index (χ3n) is 3.88. The molecule has 1 fully saturated rings. The van der Waals surface area contributed by atoms with E-state index in [0.29, 0.717) is 23.5 Å². The Kier molecular flexibility index (Phi) is 3.58. The van der Waals surface area contributed by atoms with Gasteiger partial charge in [-0.15, -0.1) is 0 Å². The van der Waals surface area contributed by atoms with Crippen molar-refractivity contribution in [3.8, 4) is 6.07 Å². The zero-order chi connectivity index (χ0) is 12.3. The molecule has 1 N–H and O–H groups in total. The summed E-state index contributed by atoms with van der Waals surface area (Å²) in [5, 5.41) is 12.3. The Balaban J connectivity index is 2.09. The molecule has 2 rings (SSSR count). The summed E-state index contributed by atoms with van der Waals surface area (Å²) in [4.78, 5) is 8.22. The first kappa shape index (κ1) is 11.8. The standard InChI is InChI=1S/C13H18N4/c1-3-10-4-5-11(9(10)2)17-13-12(8-14)15-6-7-16-13/h6-7,9-11H,3-5H2,1-2H3,(H,16,17). The van der Waals surface area contributed by atoms with Gasteiger partial charge in [-0.3, -0.25) is 0 Å². The van der Waals surface area contributed by atoms with Gasteiger partial charge in [-0.2, -0.15) is 5.26 Å². The lowest BCUT2D eigenvalue weighted by Gasteiger charge is -2.21. The lowest BCUT2D eigenvalue weighted by Crippen LogP contribution is -2.25. The minimum absolute atomic E-state index is 0.389. The van der Waals surface area contributed by atoms with Crippen molar-refractivity contribution >= 4 is 5.82 Å². The maximum atomic E-state index is 8.96. The third-order valence-corrected chi connectivity index (χ3v) is 3.88. The molecule has 0 radical (unpaired) electrons. The molecule has 0 bridgehead atoms. The molecule has 17 heavy (non-hydrogen) atoms. The number of nitriles is 1. The van der Waals surface area contributed by atoms with Crippen molar-refractivity contribution in [2.45, 2.75) is 39.2 Å². The first-order valence-electron chi connectivity index (χ1n) is 6.24. The lowest BCUT2D eigenvalue weighted by atomic mass is 9.93. The molecule has 4 heteroatoms. The summed E-state index contributed by atoms with van der Waals surface area (Å²) in [7, 11) is 0. The molecule has 1 aromatic heterocycles. The van der Waals surface area contributed by atoms with Crippen LogP contribution in [-0.4, -0.2) is 16.0 Å². The van der Waals surface area contributed by atoms with E-state index in [-0.39, 0.29) is 0 Å². The van der Waals surface area contributed by atoms with Crippen LogP contribution in [0.2, 0.25) is 0 Å². The van der Waals surface area contributed by atoms with Crippen molar-refractivity contribution < 1.29 is 0 Å². The molecule has 1 aliphatic rings. The Bertz CT molecular complexity index is 424.